The number of aliphatic hydroxyl groups excluding tert-OH is 1. The first-order chi connectivity index (χ1) is 12.0. The van der Waals surface area contributed by atoms with Crippen LogP contribution < -0.4 is 10.6 Å². The van der Waals surface area contributed by atoms with Gasteiger partial charge in [0.15, 0.2) is 5.96 Å². The Hall–Kier alpha value is -1.35. The number of benzene rings is 1. The first-order valence-electron chi connectivity index (χ1n) is 9.10. The summed E-state index contributed by atoms with van der Waals surface area (Å²) in [6.45, 7) is 8.44. The lowest BCUT2D eigenvalue weighted by Crippen LogP contribution is -2.45. The lowest BCUT2D eigenvalue weighted by Gasteiger charge is -2.19. The number of likely N-dealkylation sites (tertiary alicyclic amines) is 1. The summed E-state index contributed by atoms with van der Waals surface area (Å²) in [6.07, 6.45) is 0.831. The van der Waals surface area contributed by atoms with Gasteiger partial charge in [-0.2, -0.15) is 0 Å². The topological polar surface area (TPSA) is 77.0 Å². The van der Waals surface area contributed by atoms with Gasteiger partial charge in [0, 0.05) is 32.1 Å². The van der Waals surface area contributed by atoms with E-state index in [1.165, 1.54) is 0 Å². The molecule has 1 amide bonds. The van der Waals surface area contributed by atoms with Gasteiger partial charge in [-0.15, -0.1) is 24.0 Å². The van der Waals surface area contributed by atoms with Crippen LogP contribution in [0.1, 0.15) is 43.9 Å². The lowest BCUT2D eigenvalue weighted by molar-refractivity contribution is -0.129. The molecule has 6 nitrogen and oxygen atoms in total. The summed E-state index contributed by atoms with van der Waals surface area (Å²) < 4.78 is 0. The van der Waals surface area contributed by atoms with E-state index in [0.29, 0.717) is 25.5 Å². The maximum absolute atomic E-state index is 11.8. The molecule has 1 aromatic rings. The van der Waals surface area contributed by atoms with Crippen molar-refractivity contribution in [1.82, 2.24) is 15.5 Å². The molecule has 0 aromatic heterocycles. The average Bonchev–Trinajstić information content (AvgIpc) is 3.07. The fraction of sp³-hybridized carbons (Fsp3) is 0.579. The number of hydrogen-bond donors (Lipinski definition) is 3. The molecule has 7 heteroatoms. The van der Waals surface area contributed by atoms with Crippen molar-refractivity contribution < 1.29 is 9.90 Å². The van der Waals surface area contributed by atoms with Gasteiger partial charge in [0.1, 0.15) is 0 Å². The Labute approximate surface area is 173 Å². The number of carbonyl (C=O) groups is 1. The molecular formula is C19H31IN4O2. The molecule has 1 aromatic carbocycles. The second-order valence-electron chi connectivity index (χ2n) is 6.47. The number of aliphatic hydroxyl groups is 1. The number of amides is 1. The first kappa shape index (κ1) is 22.7. The molecule has 0 spiro atoms. The van der Waals surface area contributed by atoms with E-state index in [1.807, 2.05) is 49.9 Å². The second kappa shape index (κ2) is 11.4. The third kappa shape index (κ3) is 6.75. The van der Waals surface area contributed by atoms with Crippen LogP contribution >= 0.6 is 24.0 Å². The van der Waals surface area contributed by atoms with Crippen LogP contribution in [0.15, 0.2) is 29.3 Å². The van der Waals surface area contributed by atoms with Gasteiger partial charge in [0.2, 0.25) is 5.91 Å². The number of aryl methyl sites for hydroxylation is 1. The fourth-order valence-corrected chi connectivity index (χ4v) is 3.00. The number of hydrogen-bond acceptors (Lipinski definition) is 3. The maximum atomic E-state index is 11.8. The molecule has 1 fully saturated rings. The number of nitrogens with one attached hydrogen (secondary N) is 2. The maximum Gasteiger partial charge on any atom is 0.222 e. The molecule has 1 aliphatic rings. The summed E-state index contributed by atoms with van der Waals surface area (Å²) in [5.74, 6) is 0.881. The van der Waals surface area contributed by atoms with Crippen molar-refractivity contribution in [1.29, 1.82) is 0 Å². The SMILES string of the molecule is CCNC(=NCC(O)c1cccc(C)c1)NC1CCN(C(=O)CC)C1.I. The van der Waals surface area contributed by atoms with Crippen molar-refractivity contribution in [3.63, 3.8) is 0 Å². The monoisotopic (exact) mass is 474 g/mol. The summed E-state index contributed by atoms with van der Waals surface area (Å²) >= 11 is 0. The van der Waals surface area contributed by atoms with E-state index in [0.717, 1.165) is 30.6 Å². The van der Waals surface area contributed by atoms with Gasteiger partial charge in [0.25, 0.3) is 0 Å². The molecule has 2 atom stereocenters. The van der Waals surface area contributed by atoms with E-state index in [9.17, 15) is 9.90 Å². The van der Waals surface area contributed by atoms with Gasteiger partial charge in [0.05, 0.1) is 12.6 Å². The van der Waals surface area contributed by atoms with Crippen molar-refractivity contribution in [2.45, 2.75) is 45.8 Å². The highest BCUT2D eigenvalue weighted by molar-refractivity contribution is 14.0. The lowest BCUT2D eigenvalue weighted by atomic mass is 10.1. The van der Waals surface area contributed by atoms with Crippen molar-refractivity contribution in [2.75, 3.05) is 26.2 Å². The highest BCUT2D eigenvalue weighted by Gasteiger charge is 2.25. The molecule has 2 unspecified atom stereocenters. The zero-order valence-electron chi connectivity index (χ0n) is 15.9. The highest BCUT2D eigenvalue weighted by atomic mass is 127. The van der Waals surface area contributed by atoms with Gasteiger partial charge in [-0.05, 0) is 25.8 Å². The molecule has 146 valence electrons. The van der Waals surface area contributed by atoms with Crippen molar-refractivity contribution in [2.24, 2.45) is 4.99 Å². The molecule has 0 bridgehead atoms. The van der Waals surface area contributed by atoms with Crippen molar-refractivity contribution in [3.05, 3.63) is 35.4 Å². The van der Waals surface area contributed by atoms with Gasteiger partial charge in [-0.1, -0.05) is 36.8 Å². The van der Waals surface area contributed by atoms with E-state index in [2.05, 4.69) is 15.6 Å². The molecule has 1 saturated heterocycles. The Morgan fingerprint density at radius 2 is 2.19 bits per heavy atom. The minimum Gasteiger partial charge on any atom is -0.386 e. The van der Waals surface area contributed by atoms with Gasteiger partial charge in [-0.3, -0.25) is 9.79 Å². The zero-order valence-corrected chi connectivity index (χ0v) is 18.2. The molecule has 1 aliphatic heterocycles. The Morgan fingerprint density at radius 1 is 1.42 bits per heavy atom. The van der Waals surface area contributed by atoms with Crippen molar-refractivity contribution in [3.8, 4) is 0 Å². The molecule has 0 aliphatic carbocycles. The quantitative estimate of drug-likeness (QED) is 0.336. The predicted octanol–water partition coefficient (Wildman–Crippen LogP) is 2.21. The molecule has 26 heavy (non-hydrogen) atoms. The molecular weight excluding hydrogens is 443 g/mol. The van der Waals surface area contributed by atoms with Crippen LogP contribution in [0, 0.1) is 6.92 Å². The van der Waals surface area contributed by atoms with Crippen LogP contribution in [0.2, 0.25) is 0 Å². The molecule has 3 N–H and O–H groups in total. The predicted molar refractivity (Wildman–Crippen MR) is 116 cm³/mol. The average molecular weight is 474 g/mol. The number of halogens is 1. The second-order valence-corrected chi connectivity index (χ2v) is 6.47. The van der Waals surface area contributed by atoms with Crippen LogP contribution in [0.3, 0.4) is 0 Å². The van der Waals surface area contributed by atoms with Crippen LogP contribution in [0.5, 0.6) is 0 Å². The van der Waals surface area contributed by atoms with Crippen molar-refractivity contribution >= 4 is 35.8 Å². The van der Waals surface area contributed by atoms with E-state index >= 15 is 0 Å². The number of aliphatic imine (C=N–C) groups is 1. The van der Waals surface area contributed by atoms with E-state index < -0.39 is 6.10 Å². The van der Waals surface area contributed by atoms with Gasteiger partial charge >= 0.3 is 0 Å². The highest BCUT2D eigenvalue weighted by Crippen LogP contribution is 2.15. The number of rotatable bonds is 6. The Balaban J connectivity index is 0.00000338. The fourth-order valence-electron chi connectivity index (χ4n) is 3.00. The van der Waals surface area contributed by atoms with Crippen LogP contribution in [-0.2, 0) is 4.79 Å². The minimum absolute atomic E-state index is 0. The Morgan fingerprint density at radius 3 is 2.85 bits per heavy atom. The standard InChI is InChI=1S/C19H30N4O2.HI/c1-4-18(25)23-10-9-16(13-23)22-19(20-5-2)21-12-17(24)15-8-6-7-14(3)11-15;/h6-8,11,16-17,24H,4-5,9-10,12-13H2,1-3H3,(H2,20,21,22);1H. The molecule has 0 saturated carbocycles. The third-order valence-corrected chi connectivity index (χ3v) is 4.38. The van der Waals surface area contributed by atoms with Crippen LogP contribution in [-0.4, -0.2) is 54.1 Å². The molecule has 0 radical (unpaired) electrons. The minimum atomic E-state index is -0.628. The first-order valence-corrected chi connectivity index (χ1v) is 9.10. The summed E-state index contributed by atoms with van der Waals surface area (Å²) in [7, 11) is 0. The largest absolute Gasteiger partial charge is 0.386 e. The molecule has 1 heterocycles. The Bertz CT molecular complexity index is 609. The number of nitrogens with zero attached hydrogens (tertiary/aromatic N) is 2. The van der Waals surface area contributed by atoms with E-state index in [4.69, 9.17) is 0 Å². The van der Waals surface area contributed by atoms with E-state index in [-0.39, 0.29) is 35.9 Å². The van der Waals surface area contributed by atoms with Crippen LogP contribution in [0.25, 0.3) is 0 Å². The molecule has 2 rings (SSSR count). The summed E-state index contributed by atoms with van der Waals surface area (Å²) in [5, 5.41) is 16.9. The number of guanidine groups is 1. The van der Waals surface area contributed by atoms with Gasteiger partial charge in [-0.25, -0.2) is 0 Å². The van der Waals surface area contributed by atoms with E-state index in [1.54, 1.807) is 0 Å². The smallest absolute Gasteiger partial charge is 0.222 e. The zero-order chi connectivity index (χ0) is 18.2. The summed E-state index contributed by atoms with van der Waals surface area (Å²) in [6, 6.07) is 8.04. The third-order valence-electron chi connectivity index (χ3n) is 4.38. The summed E-state index contributed by atoms with van der Waals surface area (Å²) in [4.78, 5) is 18.2. The summed E-state index contributed by atoms with van der Waals surface area (Å²) in [5.41, 5.74) is 2.00. The normalized spacial score (nSPS) is 18.2. The Kier molecular flexibility index (Phi) is 9.93. The van der Waals surface area contributed by atoms with Crippen LogP contribution in [0.4, 0.5) is 0 Å². The number of carbonyl (C=O) groups excluding carboxylic acids is 1. The van der Waals surface area contributed by atoms with Gasteiger partial charge < -0.3 is 20.6 Å².